The van der Waals surface area contributed by atoms with Gasteiger partial charge in [0.2, 0.25) is 0 Å². The number of rotatable bonds is 3. The van der Waals surface area contributed by atoms with Gasteiger partial charge in [-0.2, -0.15) is 5.48 Å². The molecule has 0 aliphatic heterocycles. The maximum Gasteiger partial charge on any atom is 0.363 e. The minimum atomic E-state index is -0.579. The predicted octanol–water partition coefficient (Wildman–Crippen LogP) is 1.14. The highest BCUT2D eigenvalue weighted by molar-refractivity contribution is 5.93. The summed E-state index contributed by atoms with van der Waals surface area (Å²) in [5, 5.41) is 0. The molecule has 0 saturated heterocycles. The first-order valence-electron chi connectivity index (χ1n) is 5.11. The molecule has 0 aliphatic rings. The number of nitrogens with one attached hydrogen (secondary N) is 1. The molecule has 17 heavy (non-hydrogen) atoms. The molecule has 5 nitrogen and oxygen atoms in total. The summed E-state index contributed by atoms with van der Waals surface area (Å²) in [6.07, 6.45) is 0. The molecule has 0 heterocycles. The predicted molar refractivity (Wildman–Crippen MR) is 61.4 cm³/mol. The normalized spacial score (nSPS) is 9.82. The van der Waals surface area contributed by atoms with Gasteiger partial charge in [-0.15, -0.1) is 0 Å². The quantitative estimate of drug-likeness (QED) is 0.800. The second kappa shape index (κ2) is 6.00. The Morgan fingerprint density at radius 3 is 2.35 bits per heavy atom. The smallest absolute Gasteiger partial charge is 0.363 e. The summed E-state index contributed by atoms with van der Waals surface area (Å²) >= 11 is 0. The van der Waals surface area contributed by atoms with Crippen molar-refractivity contribution in [3.63, 3.8) is 0 Å². The number of ether oxygens (including phenoxy) is 1. The lowest BCUT2D eigenvalue weighted by atomic mass is 10.0. The summed E-state index contributed by atoms with van der Waals surface area (Å²) in [5.74, 6) is -1.09. The van der Waals surface area contributed by atoms with Crippen molar-refractivity contribution < 1.29 is 19.2 Å². The first-order valence-corrected chi connectivity index (χ1v) is 5.11. The Balaban J connectivity index is 2.68. The zero-order chi connectivity index (χ0) is 12.8. The minimum Gasteiger partial charge on any atom is -0.375 e. The zero-order valence-electron chi connectivity index (χ0n) is 10.1. The van der Waals surface area contributed by atoms with Gasteiger partial charge in [0.25, 0.3) is 5.91 Å². The molecule has 5 heteroatoms. The Morgan fingerprint density at radius 1 is 1.24 bits per heavy atom. The van der Waals surface area contributed by atoms with Gasteiger partial charge in [-0.3, -0.25) is 4.79 Å². The van der Waals surface area contributed by atoms with Crippen LogP contribution in [0.1, 0.15) is 21.5 Å². The Morgan fingerprint density at radius 2 is 1.82 bits per heavy atom. The van der Waals surface area contributed by atoms with Crippen LogP contribution in [0.4, 0.5) is 0 Å². The number of carbonyl (C=O) groups excluding carboxylic acids is 2. The Bertz CT molecular complexity index is 408. The van der Waals surface area contributed by atoms with Crippen molar-refractivity contribution >= 4 is 11.9 Å². The van der Waals surface area contributed by atoms with E-state index >= 15 is 0 Å². The number of amides is 1. The molecule has 1 aromatic rings. The molecular formula is C12H15NO4. The van der Waals surface area contributed by atoms with Crippen molar-refractivity contribution in [2.45, 2.75) is 13.8 Å². The number of aryl methyl sites for hydroxylation is 2. The second-order valence-electron chi connectivity index (χ2n) is 3.61. The van der Waals surface area contributed by atoms with Gasteiger partial charge >= 0.3 is 5.97 Å². The van der Waals surface area contributed by atoms with E-state index in [0.717, 1.165) is 11.1 Å². The minimum absolute atomic E-state index is 0.153. The van der Waals surface area contributed by atoms with Gasteiger partial charge in [0.1, 0.15) is 6.61 Å². The molecule has 92 valence electrons. The number of carbonyl (C=O) groups is 2. The van der Waals surface area contributed by atoms with Crippen molar-refractivity contribution in [1.29, 1.82) is 0 Å². The third kappa shape index (κ3) is 3.57. The van der Waals surface area contributed by atoms with Crippen molar-refractivity contribution in [3.8, 4) is 0 Å². The van der Waals surface area contributed by atoms with Crippen LogP contribution in [-0.4, -0.2) is 25.6 Å². The third-order valence-electron chi connectivity index (χ3n) is 2.22. The number of hydroxylamine groups is 1. The van der Waals surface area contributed by atoms with Crippen LogP contribution in [0.25, 0.3) is 0 Å². The maximum absolute atomic E-state index is 11.7. The van der Waals surface area contributed by atoms with Gasteiger partial charge in [-0.05, 0) is 25.0 Å². The highest BCUT2D eigenvalue weighted by atomic mass is 16.7. The standard InChI is InChI=1S/C12H15NO4/c1-8-5-4-6-9(2)11(8)12(15)17-13-10(14)7-16-3/h4-6H,7H2,1-3H3,(H,13,14). The van der Waals surface area contributed by atoms with Crippen LogP contribution in [-0.2, 0) is 14.4 Å². The highest BCUT2D eigenvalue weighted by Gasteiger charge is 2.14. The lowest BCUT2D eigenvalue weighted by molar-refractivity contribution is -0.133. The van der Waals surface area contributed by atoms with Crippen LogP contribution in [0.2, 0.25) is 0 Å². The SMILES string of the molecule is COCC(=O)NOC(=O)c1c(C)cccc1C. The van der Waals surface area contributed by atoms with Gasteiger partial charge < -0.3 is 9.57 Å². The van der Waals surface area contributed by atoms with Crippen LogP contribution in [0.15, 0.2) is 18.2 Å². The van der Waals surface area contributed by atoms with E-state index in [1.165, 1.54) is 7.11 Å². The van der Waals surface area contributed by atoms with E-state index in [1.54, 1.807) is 26.0 Å². The van der Waals surface area contributed by atoms with E-state index in [-0.39, 0.29) is 6.61 Å². The molecule has 0 spiro atoms. The van der Waals surface area contributed by atoms with Gasteiger partial charge in [0.05, 0.1) is 5.56 Å². The molecule has 0 atom stereocenters. The van der Waals surface area contributed by atoms with Crippen LogP contribution in [0, 0.1) is 13.8 Å². The number of benzene rings is 1. The number of hydrogen-bond acceptors (Lipinski definition) is 4. The van der Waals surface area contributed by atoms with Gasteiger partial charge in [0.15, 0.2) is 0 Å². The van der Waals surface area contributed by atoms with E-state index in [9.17, 15) is 9.59 Å². The van der Waals surface area contributed by atoms with Crippen molar-refractivity contribution in [3.05, 3.63) is 34.9 Å². The molecule has 0 unspecified atom stereocenters. The first-order chi connectivity index (χ1) is 8.06. The van der Waals surface area contributed by atoms with Gasteiger partial charge in [0, 0.05) is 7.11 Å². The summed E-state index contributed by atoms with van der Waals surface area (Å²) in [4.78, 5) is 27.4. The average Bonchev–Trinajstić information content (AvgIpc) is 2.26. The zero-order valence-corrected chi connectivity index (χ0v) is 10.1. The van der Waals surface area contributed by atoms with Crippen molar-refractivity contribution in [1.82, 2.24) is 5.48 Å². The van der Waals surface area contributed by atoms with Crippen LogP contribution < -0.4 is 5.48 Å². The van der Waals surface area contributed by atoms with E-state index in [4.69, 9.17) is 0 Å². The second-order valence-corrected chi connectivity index (χ2v) is 3.61. The van der Waals surface area contributed by atoms with Crippen LogP contribution >= 0.6 is 0 Å². The van der Waals surface area contributed by atoms with E-state index in [2.05, 4.69) is 9.57 Å². The molecule has 1 N–H and O–H groups in total. The molecule has 0 fully saturated rings. The van der Waals surface area contributed by atoms with Crippen molar-refractivity contribution in [2.75, 3.05) is 13.7 Å². The van der Waals surface area contributed by atoms with Crippen LogP contribution in [0.5, 0.6) is 0 Å². The summed E-state index contributed by atoms with van der Waals surface area (Å²) in [5.41, 5.74) is 4.09. The Hall–Kier alpha value is -1.88. The average molecular weight is 237 g/mol. The first kappa shape index (κ1) is 13.2. The van der Waals surface area contributed by atoms with E-state index in [1.807, 2.05) is 11.5 Å². The molecule has 0 aliphatic carbocycles. The van der Waals surface area contributed by atoms with E-state index < -0.39 is 11.9 Å². The summed E-state index contributed by atoms with van der Waals surface area (Å²) in [6, 6.07) is 5.46. The van der Waals surface area contributed by atoms with Gasteiger partial charge in [-0.25, -0.2) is 4.79 Å². The topological polar surface area (TPSA) is 64.6 Å². The van der Waals surface area contributed by atoms with Gasteiger partial charge in [-0.1, -0.05) is 18.2 Å². The number of methoxy groups -OCH3 is 1. The maximum atomic E-state index is 11.7. The molecule has 1 amide bonds. The molecule has 0 aromatic heterocycles. The fraction of sp³-hybridized carbons (Fsp3) is 0.333. The molecule has 1 rings (SSSR count). The summed E-state index contributed by atoms with van der Waals surface area (Å²) in [6.45, 7) is 3.46. The monoisotopic (exact) mass is 237 g/mol. The van der Waals surface area contributed by atoms with E-state index in [0.29, 0.717) is 5.56 Å². The third-order valence-corrected chi connectivity index (χ3v) is 2.22. The summed E-state index contributed by atoms with van der Waals surface area (Å²) in [7, 11) is 1.38. The lowest BCUT2D eigenvalue weighted by Gasteiger charge is -2.09. The molecule has 0 saturated carbocycles. The van der Waals surface area contributed by atoms with Crippen molar-refractivity contribution in [2.24, 2.45) is 0 Å². The Labute approximate surface area is 99.7 Å². The fourth-order valence-electron chi connectivity index (χ4n) is 1.45. The fourth-order valence-corrected chi connectivity index (χ4v) is 1.45. The molecular weight excluding hydrogens is 222 g/mol. The summed E-state index contributed by atoms with van der Waals surface area (Å²) < 4.78 is 4.59. The molecule has 0 bridgehead atoms. The van der Waals surface area contributed by atoms with Crippen LogP contribution in [0.3, 0.4) is 0 Å². The number of hydrogen-bond donors (Lipinski definition) is 1. The Kier molecular flexibility index (Phi) is 4.66. The largest absolute Gasteiger partial charge is 0.375 e. The lowest BCUT2D eigenvalue weighted by Crippen LogP contribution is -2.30. The molecule has 0 radical (unpaired) electrons. The highest BCUT2D eigenvalue weighted by Crippen LogP contribution is 2.13. The molecule has 1 aromatic carbocycles.